The summed E-state index contributed by atoms with van der Waals surface area (Å²) in [5, 5.41) is 0. The Kier molecular flexibility index (Phi) is 2.31. The number of nitrogens with two attached hydrogens (primary N) is 1. The second-order valence-corrected chi connectivity index (χ2v) is 2.98. The van der Waals surface area contributed by atoms with Crippen LogP contribution in [0.15, 0.2) is 18.2 Å². The molecule has 1 aromatic rings. The van der Waals surface area contributed by atoms with Gasteiger partial charge in [0.2, 0.25) is 0 Å². The van der Waals surface area contributed by atoms with Crippen molar-refractivity contribution in [2.24, 2.45) is 5.73 Å². The maximum Gasteiger partial charge on any atom is 0.0725 e. The molecule has 0 aromatic heterocycles. The molecule has 2 N–H and O–H groups in total. The van der Waals surface area contributed by atoms with Gasteiger partial charge in [-0.05, 0) is 23.3 Å². The first-order valence-corrected chi connectivity index (χ1v) is 4.28. The van der Waals surface area contributed by atoms with Gasteiger partial charge < -0.3 is 10.5 Å². The van der Waals surface area contributed by atoms with Crippen LogP contribution in [0.3, 0.4) is 0 Å². The normalized spacial score (nSPS) is 13.3. The van der Waals surface area contributed by atoms with Crippen molar-refractivity contribution in [2.75, 3.05) is 6.54 Å². The lowest BCUT2D eigenvalue weighted by Crippen LogP contribution is -1.93. The average molecular weight is 173 g/mol. The Balaban J connectivity index is 2.31. The van der Waals surface area contributed by atoms with Gasteiger partial charge in [-0.2, -0.15) is 0 Å². The van der Waals surface area contributed by atoms with Gasteiger partial charge in [-0.1, -0.05) is 17.9 Å². The largest absolute Gasteiger partial charge is 0.372 e. The van der Waals surface area contributed by atoms with Gasteiger partial charge in [-0.25, -0.2) is 0 Å². The van der Waals surface area contributed by atoms with Crippen LogP contribution in [0.1, 0.15) is 16.7 Å². The molecule has 1 heterocycles. The smallest absolute Gasteiger partial charge is 0.0725 e. The highest BCUT2D eigenvalue weighted by molar-refractivity contribution is 5.41. The Morgan fingerprint density at radius 2 is 2.15 bits per heavy atom. The van der Waals surface area contributed by atoms with Crippen molar-refractivity contribution >= 4 is 0 Å². The molecule has 13 heavy (non-hydrogen) atoms. The van der Waals surface area contributed by atoms with Crippen molar-refractivity contribution in [3.8, 4) is 11.8 Å². The van der Waals surface area contributed by atoms with Crippen LogP contribution in [0.5, 0.6) is 0 Å². The van der Waals surface area contributed by atoms with Crippen molar-refractivity contribution in [2.45, 2.75) is 13.2 Å². The number of benzene rings is 1. The summed E-state index contributed by atoms with van der Waals surface area (Å²) in [4.78, 5) is 0. The van der Waals surface area contributed by atoms with E-state index in [0.717, 1.165) is 12.2 Å². The van der Waals surface area contributed by atoms with Crippen LogP contribution in [0.25, 0.3) is 0 Å². The Hall–Kier alpha value is -1.30. The van der Waals surface area contributed by atoms with Crippen LogP contribution in [-0.2, 0) is 18.0 Å². The zero-order valence-corrected chi connectivity index (χ0v) is 7.34. The number of hydrogen-bond acceptors (Lipinski definition) is 2. The summed E-state index contributed by atoms with van der Waals surface area (Å²) < 4.78 is 5.30. The van der Waals surface area contributed by atoms with Gasteiger partial charge in [0.1, 0.15) is 0 Å². The lowest BCUT2D eigenvalue weighted by Gasteiger charge is -1.96. The fourth-order valence-corrected chi connectivity index (χ4v) is 1.40. The first-order valence-electron chi connectivity index (χ1n) is 4.28. The third kappa shape index (κ3) is 1.72. The lowest BCUT2D eigenvalue weighted by atomic mass is 10.1. The molecule has 2 heteroatoms. The standard InChI is InChI=1S/C11H11NO/c12-5-1-2-9-3-4-10-7-13-8-11(10)6-9/h3-4,6H,5,7-8,12H2. The SMILES string of the molecule is NCC#Cc1ccc2c(c1)COC2. The molecule has 0 bridgehead atoms. The van der Waals surface area contributed by atoms with E-state index in [4.69, 9.17) is 10.5 Å². The van der Waals surface area contributed by atoms with Gasteiger partial charge in [0.25, 0.3) is 0 Å². The molecule has 1 aliphatic rings. The van der Waals surface area contributed by atoms with Crippen molar-refractivity contribution in [1.82, 2.24) is 0 Å². The van der Waals surface area contributed by atoms with Crippen LogP contribution >= 0.6 is 0 Å². The zero-order chi connectivity index (χ0) is 9.10. The molecule has 1 aromatic carbocycles. The van der Waals surface area contributed by atoms with Crippen LogP contribution < -0.4 is 5.73 Å². The van der Waals surface area contributed by atoms with Crippen LogP contribution in [0.4, 0.5) is 0 Å². The second kappa shape index (κ2) is 3.61. The molecule has 0 fully saturated rings. The van der Waals surface area contributed by atoms with E-state index >= 15 is 0 Å². The summed E-state index contributed by atoms with van der Waals surface area (Å²) in [6.07, 6.45) is 0. The topological polar surface area (TPSA) is 35.2 Å². The molecular weight excluding hydrogens is 162 g/mol. The summed E-state index contributed by atoms with van der Waals surface area (Å²) >= 11 is 0. The molecule has 66 valence electrons. The van der Waals surface area contributed by atoms with Gasteiger partial charge in [0.15, 0.2) is 0 Å². The molecule has 1 aliphatic heterocycles. The van der Waals surface area contributed by atoms with Crippen molar-refractivity contribution in [1.29, 1.82) is 0 Å². The monoisotopic (exact) mass is 173 g/mol. The maximum absolute atomic E-state index is 5.30. The third-order valence-electron chi connectivity index (χ3n) is 2.06. The van der Waals surface area contributed by atoms with E-state index < -0.39 is 0 Å². The first-order chi connectivity index (χ1) is 6.40. The second-order valence-electron chi connectivity index (χ2n) is 2.98. The predicted molar refractivity (Wildman–Crippen MR) is 50.9 cm³/mol. The fraction of sp³-hybridized carbons (Fsp3) is 0.273. The van der Waals surface area contributed by atoms with Crippen molar-refractivity contribution < 1.29 is 4.74 Å². The molecule has 0 saturated carbocycles. The molecule has 0 amide bonds. The average Bonchev–Trinajstić information content (AvgIpc) is 2.61. The van der Waals surface area contributed by atoms with E-state index in [1.54, 1.807) is 0 Å². The van der Waals surface area contributed by atoms with Crippen molar-refractivity contribution in [3.05, 3.63) is 34.9 Å². The van der Waals surface area contributed by atoms with E-state index in [2.05, 4.69) is 24.0 Å². The van der Waals surface area contributed by atoms with Gasteiger partial charge in [0, 0.05) is 5.56 Å². The van der Waals surface area contributed by atoms with Crippen LogP contribution in [-0.4, -0.2) is 6.54 Å². The highest BCUT2D eigenvalue weighted by atomic mass is 16.5. The summed E-state index contributed by atoms with van der Waals surface area (Å²) in [7, 11) is 0. The number of rotatable bonds is 0. The first kappa shape index (κ1) is 8.31. The molecule has 2 nitrogen and oxygen atoms in total. The minimum atomic E-state index is 0.410. The molecule has 2 rings (SSSR count). The highest BCUT2D eigenvalue weighted by Crippen LogP contribution is 2.20. The van der Waals surface area contributed by atoms with Crippen LogP contribution in [0, 0.1) is 11.8 Å². The number of fused-ring (bicyclic) bond motifs is 1. The molecular formula is C11H11NO. The van der Waals surface area contributed by atoms with Gasteiger partial charge >= 0.3 is 0 Å². The molecule has 0 unspecified atom stereocenters. The van der Waals surface area contributed by atoms with Gasteiger partial charge in [-0.15, -0.1) is 0 Å². The van der Waals surface area contributed by atoms with Gasteiger partial charge in [-0.3, -0.25) is 0 Å². The highest BCUT2D eigenvalue weighted by Gasteiger charge is 2.09. The number of ether oxygens (including phenoxy) is 1. The zero-order valence-electron chi connectivity index (χ0n) is 7.34. The summed E-state index contributed by atoms with van der Waals surface area (Å²) in [6.45, 7) is 1.86. The quantitative estimate of drug-likeness (QED) is 0.595. The molecule has 0 radical (unpaired) electrons. The van der Waals surface area contributed by atoms with E-state index in [-0.39, 0.29) is 0 Å². The van der Waals surface area contributed by atoms with Crippen LogP contribution in [0.2, 0.25) is 0 Å². The van der Waals surface area contributed by atoms with Crippen molar-refractivity contribution in [3.63, 3.8) is 0 Å². The number of hydrogen-bond donors (Lipinski definition) is 1. The Morgan fingerprint density at radius 1 is 1.31 bits per heavy atom. The molecule has 0 spiro atoms. The Morgan fingerprint density at radius 3 is 3.00 bits per heavy atom. The van der Waals surface area contributed by atoms with E-state index in [1.807, 2.05) is 6.07 Å². The van der Waals surface area contributed by atoms with E-state index in [0.29, 0.717) is 13.2 Å². The van der Waals surface area contributed by atoms with E-state index in [1.165, 1.54) is 11.1 Å². The summed E-state index contributed by atoms with van der Waals surface area (Å²) in [6, 6.07) is 6.16. The Labute approximate surface area is 77.7 Å². The van der Waals surface area contributed by atoms with Gasteiger partial charge in [0.05, 0.1) is 19.8 Å². The molecule has 0 aliphatic carbocycles. The minimum absolute atomic E-state index is 0.410. The minimum Gasteiger partial charge on any atom is -0.372 e. The molecule has 0 atom stereocenters. The third-order valence-corrected chi connectivity index (χ3v) is 2.06. The molecule has 0 saturated heterocycles. The summed E-state index contributed by atoms with van der Waals surface area (Å²) in [5.74, 6) is 5.84. The Bertz CT molecular complexity index is 373. The maximum atomic E-state index is 5.30. The van der Waals surface area contributed by atoms with E-state index in [9.17, 15) is 0 Å². The lowest BCUT2D eigenvalue weighted by molar-refractivity contribution is 0.134. The summed E-state index contributed by atoms with van der Waals surface area (Å²) in [5.41, 5.74) is 8.84. The predicted octanol–water partition coefficient (Wildman–Crippen LogP) is 1.03. The fourth-order valence-electron chi connectivity index (χ4n) is 1.40.